The predicted octanol–water partition coefficient (Wildman–Crippen LogP) is 4.36. The van der Waals surface area contributed by atoms with Gasteiger partial charge in [-0.3, -0.25) is 5.10 Å². The Hall–Kier alpha value is -2.77. The van der Waals surface area contributed by atoms with Gasteiger partial charge in [0.2, 0.25) is 0 Å². The summed E-state index contributed by atoms with van der Waals surface area (Å²) in [6.07, 6.45) is 1.70. The molecule has 0 unspecified atom stereocenters. The number of nitrogens with zero attached hydrogens (tertiary/aromatic N) is 1. The number of H-pyrrole nitrogens is 1. The lowest BCUT2D eigenvalue weighted by atomic mass is 9.98. The zero-order valence-corrected chi connectivity index (χ0v) is 17.8. The molecule has 1 atom stereocenters. The molecule has 0 fully saturated rings. The van der Waals surface area contributed by atoms with Crippen molar-refractivity contribution in [1.82, 2.24) is 15.5 Å². The number of hydrogen-bond donors (Lipinski definition) is 2. The van der Waals surface area contributed by atoms with E-state index in [0.29, 0.717) is 17.0 Å². The third kappa shape index (κ3) is 5.23. The van der Waals surface area contributed by atoms with Gasteiger partial charge in [0.15, 0.2) is 0 Å². The lowest BCUT2D eigenvalue weighted by Crippen LogP contribution is -2.42. The summed E-state index contributed by atoms with van der Waals surface area (Å²) >= 11 is 12.5. The highest BCUT2D eigenvalue weighted by atomic mass is 35.5. The molecule has 0 bridgehead atoms. The molecule has 1 amide bonds. The van der Waals surface area contributed by atoms with Crippen molar-refractivity contribution in [3.05, 3.63) is 64.3 Å². The summed E-state index contributed by atoms with van der Waals surface area (Å²) in [5.41, 5.74) is 3.30. The Bertz CT molecular complexity index is 1020. The van der Waals surface area contributed by atoms with Crippen LogP contribution >= 0.6 is 23.2 Å². The number of rotatable bonds is 8. The van der Waals surface area contributed by atoms with Crippen LogP contribution in [0.1, 0.15) is 23.1 Å². The molecule has 3 aromatic rings. The van der Waals surface area contributed by atoms with E-state index in [1.54, 1.807) is 12.3 Å². The van der Waals surface area contributed by atoms with Crippen LogP contribution in [0.25, 0.3) is 10.9 Å². The standard InChI is InChI=1S/C21H21Cl2N3O4/c1-29-20(27)18(25-21(28)30-12-13-5-3-2-4-6-13)8-7-14-9-17(23)19-16(11-24-26-19)15(14)10-22/h2-6,9,11,18H,7-8,10,12H2,1H3,(H,24,26)(H,25,28)/t18-/m1/s1. The Labute approximate surface area is 183 Å². The van der Waals surface area contributed by atoms with Crippen LogP contribution in [0.2, 0.25) is 5.02 Å². The number of carbonyl (C=O) groups is 2. The maximum Gasteiger partial charge on any atom is 0.408 e. The van der Waals surface area contributed by atoms with Crippen molar-refractivity contribution < 1.29 is 19.1 Å². The molecular formula is C21H21Cl2N3O4. The first kappa shape index (κ1) is 21.9. The first-order valence-electron chi connectivity index (χ1n) is 9.27. The molecule has 0 radical (unpaired) electrons. The minimum absolute atomic E-state index is 0.101. The van der Waals surface area contributed by atoms with Crippen molar-refractivity contribution in [2.24, 2.45) is 0 Å². The smallest absolute Gasteiger partial charge is 0.408 e. The lowest BCUT2D eigenvalue weighted by Gasteiger charge is -2.17. The first-order chi connectivity index (χ1) is 14.5. The number of fused-ring (bicyclic) bond motifs is 1. The number of benzene rings is 2. The molecule has 0 saturated heterocycles. The highest BCUT2D eigenvalue weighted by molar-refractivity contribution is 6.35. The van der Waals surface area contributed by atoms with Crippen molar-refractivity contribution in [3.63, 3.8) is 0 Å². The molecule has 0 saturated carbocycles. The van der Waals surface area contributed by atoms with E-state index < -0.39 is 18.1 Å². The van der Waals surface area contributed by atoms with Crippen LogP contribution in [0.5, 0.6) is 0 Å². The Balaban J connectivity index is 1.67. The second-order valence-corrected chi connectivity index (χ2v) is 7.28. The van der Waals surface area contributed by atoms with Crippen molar-refractivity contribution >= 4 is 46.2 Å². The van der Waals surface area contributed by atoms with E-state index >= 15 is 0 Å². The molecule has 1 heterocycles. The number of aromatic nitrogens is 2. The number of amides is 1. The molecular weight excluding hydrogens is 429 g/mol. The minimum atomic E-state index is -0.875. The molecule has 0 aliphatic heterocycles. The molecule has 2 N–H and O–H groups in total. The zero-order valence-electron chi connectivity index (χ0n) is 16.3. The number of methoxy groups -OCH3 is 1. The summed E-state index contributed by atoms with van der Waals surface area (Å²) in [4.78, 5) is 24.4. The van der Waals surface area contributed by atoms with E-state index in [4.69, 9.17) is 32.7 Å². The number of nitrogens with one attached hydrogen (secondary N) is 2. The molecule has 3 rings (SSSR count). The maximum absolute atomic E-state index is 12.2. The second kappa shape index (κ2) is 10.3. The van der Waals surface area contributed by atoms with Crippen LogP contribution in [0.3, 0.4) is 0 Å². The van der Waals surface area contributed by atoms with Gasteiger partial charge in [-0.1, -0.05) is 41.9 Å². The van der Waals surface area contributed by atoms with E-state index in [1.165, 1.54) is 7.11 Å². The van der Waals surface area contributed by atoms with Crippen LogP contribution in [-0.2, 0) is 33.2 Å². The first-order valence-corrected chi connectivity index (χ1v) is 10.2. The lowest BCUT2D eigenvalue weighted by molar-refractivity contribution is -0.143. The van der Waals surface area contributed by atoms with E-state index in [-0.39, 0.29) is 18.9 Å². The molecule has 7 nitrogen and oxygen atoms in total. The summed E-state index contributed by atoms with van der Waals surface area (Å²) in [5, 5.41) is 10.8. The Morgan fingerprint density at radius 2 is 2.03 bits per heavy atom. The van der Waals surface area contributed by atoms with Gasteiger partial charge in [-0.2, -0.15) is 5.10 Å². The van der Waals surface area contributed by atoms with Crippen LogP contribution in [0, 0.1) is 0 Å². The average molecular weight is 450 g/mol. The summed E-state index contributed by atoms with van der Waals surface area (Å²) in [7, 11) is 1.27. The molecule has 0 spiro atoms. The van der Waals surface area contributed by atoms with Crippen LogP contribution < -0.4 is 5.32 Å². The second-order valence-electron chi connectivity index (χ2n) is 6.61. The van der Waals surface area contributed by atoms with E-state index in [9.17, 15) is 9.59 Å². The Kier molecular flexibility index (Phi) is 7.54. The largest absolute Gasteiger partial charge is 0.467 e. The number of carbonyl (C=O) groups excluding carboxylic acids is 2. The van der Waals surface area contributed by atoms with Crippen LogP contribution in [0.15, 0.2) is 42.6 Å². The number of aryl methyl sites for hydroxylation is 1. The summed E-state index contributed by atoms with van der Waals surface area (Å²) in [6.45, 7) is 0.101. The average Bonchev–Trinajstić information content (AvgIpc) is 3.26. The molecule has 30 heavy (non-hydrogen) atoms. The normalized spacial score (nSPS) is 11.8. The Morgan fingerprint density at radius 1 is 1.27 bits per heavy atom. The minimum Gasteiger partial charge on any atom is -0.467 e. The molecule has 2 aromatic carbocycles. The number of halogens is 2. The predicted molar refractivity (Wildman–Crippen MR) is 115 cm³/mol. The monoisotopic (exact) mass is 449 g/mol. The van der Waals surface area contributed by atoms with Crippen molar-refractivity contribution in [1.29, 1.82) is 0 Å². The van der Waals surface area contributed by atoms with Gasteiger partial charge in [-0.25, -0.2) is 9.59 Å². The Morgan fingerprint density at radius 3 is 2.73 bits per heavy atom. The fraction of sp³-hybridized carbons (Fsp3) is 0.286. The number of alkyl halides is 1. The fourth-order valence-electron chi connectivity index (χ4n) is 3.16. The summed E-state index contributed by atoms with van der Waals surface area (Å²) in [5.74, 6) is -0.299. The highest BCUT2D eigenvalue weighted by Crippen LogP contribution is 2.30. The van der Waals surface area contributed by atoms with Crippen LogP contribution in [0.4, 0.5) is 4.79 Å². The number of ether oxygens (including phenoxy) is 2. The number of esters is 1. The maximum atomic E-state index is 12.2. The molecule has 158 valence electrons. The molecule has 0 aliphatic carbocycles. The fourth-order valence-corrected chi connectivity index (χ4v) is 3.75. The van der Waals surface area contributed by atoms with Gasteiger partial charge in [0, 0.05) is 11.3 Å². The van der Waals surface area contributed by atoms with Gasteiger partial charge in [-0.05, 0) is 35.6 Å². The number of aromatic amines is 1. The summed E-state index contributed by atoms with van der Waals surface area (Å²) < 4.78 is 10.0. The number of alkyl carbamates (subject to hydrolysis) is 1. The molecule has 0 aliphatic rings. The van der Waals surface area contributed by atoms with Gasteiger partial charge in [0.05, 0.1) is 23.8 Å². The van der Waals surface area contributed by atoms with Gasteiger partial charge >= 0.3 is 12.1 Å². The van der Waals surface area contributed by atoms with Gasteiger partial charge in [0.25, 0.3) is 0 Å². The quantitative estimate of drug-likeness (QED) is 0.393. The molecule has 9 heteroatoms. The van der Waals surface area contributed by atoms with Crippen LogP contribution in [-0.4, -0.2) is 35.4 Å². The van der Waals surface area contributed by atoms with Gasteiger partial charge in [0.1, 0.15) is 12.6 Å². The third-order valence-electron chi connectivity index (χ3n) is 4.72. The molecule has 1 aromatic heterocycles. The van der Waals surface area contributed by atoms with Gasteiger partial charge in [-0.15, -0.1) is 11.6 Å². The van der Waals surface area contributed by atoms with E-state index in [2.05, 4.69) is 15.5 Å². The third-order valence-corrected chi connectivity index (χ3v) is 5.28. The topological polar surface area (TPSA) is 93.3 Å². The SMILES string of the molecule is COC(=O)[C@@H](CCc1cc(Cl)c2[nH]ncc2c1CCl)NC(=O)OCc1ccccc1. The zero-order chi connectivity index (χ0) is 21.5. The van der Waals surface area contributed by atoms with E-state index in [0.717, 1.165) is 22.1 Å². The van der Waals surface area contributed by atoms with Crippen molar-refractivity contribution in [3.8, 4) is 0 Å². The van der Waals surface area contributed by atoms with E-state index in [1.807, 2.05) is 30.3 Å². The summed E-state index contributed by atoms with van der Waals surface area (Å²) in [6, 6.07) is 10.2. The highest BCUT2D eigenvalue weighted by Gasteiger charge is 2.23. The van der Waals surface area contributed by atoms with Crippen molar-refractivity contribution in [2.45, 2.75) is 31.4 Å². The van der Waals surface area contributed by atoms with Crippen molar-refractivity contribution in [2.75, 3.05) is 7.11 Å². The van der Waals surface area contributed by atoms with Gasteiger partial charge < -0.3 is 14.8 Å². The number of hydrogen-bond acceptors (Lipinski definition) is 5.